The Bertz CT molecular complexity index is 412. The maximum atomic E-state index is 12.0. The second-order valence-electron chi connectivity index (χ2n) is 4.32. The van der Waals surface area contributed by atoms with Crippen LogP contribution < -0.4 is 0 Å². The summed E-state index contributed by atoms with van der Waals surface area (Å²) >= 11 is 0. The van der Waals surface area contributed by atoms with Crippen LogP contribution in [-0.2, 0) is 11.2 Å². The monoisotopic (exact) mass is 249 g/mol. The van der Waals surface area contributed by atoms with Crippen LogP contribution in [-0.4, -0.2) is 35.5 Å². The molecule has 0 aliphatic rings. The zero-order valence-electron chi connectivity index (χ0n) is 10.8. The molecule has 0 atom stereocenters. The Kier molecular flexibility index (Phi) is 5.36. The largest absolute Gasteiger partial charge is 0.481 e. The van der Waals surface area contributed by atoms with E-state index in [0.29, 0.717) is 5.56 Å². The van der Waals surface area contributed by atoms with Gasteiger partial charge in [-0.3, -0.25) is 9.59 Å². The SMILES string of the molecule is CCCc1ccc(C(=O)N(C)CCC(=O)O)cc1. The Morgan fingerprint density at radius 3 is 2.33 bits per heavy atom. The van der Waals surface area contributed by atoms with Crippen molar-refractivity contribution in [3.05, 3.63) is 35.4 Å². The van der Waals surface area contributed by atoms with Crippen molar-refractivity contribution in [1.82, 2.24) is 4.90 Å². The van der Waals surface area contributed by atoms with Gasteiger partial charge in [-0.1, -0.05) is 25.5 Å². The highest BCUT2D eigenvalue weighted by Crippen LogP contribution is 2.09. The van der Waals surface area contributed by atoms with E-state index in [-0.39, 0.29) is 18.9 Å². The summed E-state index contributed by atoms with van der Waals surface area (Å²) in [5.74, 6) is -1.03. The summed E-state index contributed by atoms with van der Waals surface area (Å²) in [6, 6.07) is 7.48. The Balaban J connectivity index is 2.62. The molecule has 4 nitrogen and oxygen atoms in total. The topological polar surface area (TPSA) is 57.6 Å². The Morgan fingerprint density at radius 1 is 1.22 bits per heavy atom. The quantitative estimate of drug-likeness (QED) is 0.840. The second kappa shape index (κ2) is 6.79. The second-order valence-corrected chi connectivity index (χ2v) is 4.32. The molecule has 18 heavy (non-hydrogen) atoms. The molecule has 0 saturated heterocycles. The Hall–Kier alpha value is -1.84. The zero-order chi connectivity index (χ0) is 13.5. The molecule has 0 bridgehead atoms. The lowest BCUT2D eigenvalue weighted by Crippen LogP contribution is -2.29. The molecule has 0 aliphatic heterocycles. The molecule has 1 N–H and O–H groups in total. The number of hydrogen-bond acceptors (Lipinski definition) is 2. The summed E-state index contributed by atoms with van der Waals surface area (Å²) in [6.07, 6.45) is 2.05. The summed E-state index contributed by atoms with van der Waals surface area (Å²) in [6.45, 7) is 2.34. The molecule has 1 rings (SSSR count). The van der Waals surface area contributed by atoms with Gasteiger partial charge >= 0.3 is 5.97 Å². The average molecular weight is 249 g/mol. The molecule has 0 aromatic heterocycles. The molecule has 1 amide bonds. The maximum absolute atomic E-state index is 12.0. The molecule has 0 heterocycles. The summed E-state index contributed by atoms with van der Waals surface area (Å²) in [4.78, 5) is 23.8. The third-order valence-electron chi connectivity index (χ3n) is 2.75. The van der Waals surface area contributed by atoms with Crippen molar-refractivity contribution in [3.8, 4) is 0 Å². The van der Waals surface area contributed by atoms with E-state index in [1.54, 1.807) is 19.2 Å². The number of aliphatic carboxylic acids is 1. The number of aryl methyl sites for hydroxylation is 1. The fraction of sp³-hybridized carbons (Fsp3) is 0.429. The molecule has 0 aliphatic carbocycles. The summed E-state index contributed by atoms with van der Waals surface area (Å²) < 4.78 is 0. The van der Waals surface area contributed by atoms with Crippen LogP contribution in [0, 0.1) is 0 Å². The molecule has 4 heteroatoms. The number of carboxylic acids is 1. The molecular formula is C14H19NO3. The summed E-state index contributed by atoms with van der Waals surface area (Å²) in [5, 5.41) is 8.57. The highest BCUT2D eigenvalue weighted by Gasteiger charge is 2.12. The number of rotatable bonds is 6. The highest BCUT2D eigenvalue weighted by atomic mass is 16.4. The van der Waals surface area contributed by atoms with Gasteiger partial charge in [-0.05, 0) is 24.1 Å². The number of nitrogens with zero attached hydrogens (tertiary/aromatic N) is 1. The van der Waals surface area contributed by atoms with Gasteiger partial charge in [0.05, 0.1) is 6.42 Å². The number of carbonyl (C=O) groups excluding carboxylic acids is 1. The van der Waals surface area contributed by atoms with Gasteiger partial charge in [0.15, 0.2) is 0 Å². The summed E-state index contributed by atoms with van der Waals surface area (Å²) in [7, 11) is 1.62. The van der Waals surface area contributed by atoms with Crippen molar-refractivity contribution < 1.29 is 14.7 Å². The van der Waals surface area contributed by atoms with Gasteiger partial charge < -0.3 is 10.0 Å². The molecule has 0 unspecified atom stereocenters. The van der Waals surface area contributed by atoms with Crippen molar-refractivity contribution in [2.45, 2.75) is 26.2 Å². The number of benzene rings is 1. The molecule has 1 aromatic rings. The molecule has 0 fully saturated rings. The first kappa shape index (κ1) is 14.2. The van der Waals surface area contributed by atoms with Gasteiger partial charge in [0.25, 0.3) is 5.91 Å². The molecule has 98 valence electrons. The van der Waals surface area contributed by atoms with Crippen LogP contribution in [0.3, 0.4) is 0 Å². The van der Waals surface area contributed by atoms with Gasteiger partial charge in [0.1, 0.15) is 0 Å². The lowest BCUT2D eigenvalue weighted by atomic mass is 10.1. The number of carbonyl (C=O) groups is 2. The van der Waals surface area contributed by atoms with Crippen LogP contribution in [0.5, 0.6) is 0 Å². The van der Waals surface area contributed by atoms with E-state index in [0.717, 1.165) is 12.8 Å². The molecule has 1 aromatic carbocycles. The fourth-order valence-electron chi connectivity index (χ4n) is 1.69. The van der Waals surface area contributed by atoms with E-state index in [1.165, 1.54) is 10.5 Å². The Labute approximate surface area is 107 Å². The molecule has 0 radical (unpaired) electrons. The lowest BCUT2D eigenvalue weighted by Gasteiger charge is -2.16. The van der Waals surface area contributed by atoms with Crippen molar-refractivity contribution in [2.75, 3.05) is 13.6 Å². The lowest BCUT2D eigenvalue weighted by molar-refractivity contribution is -0.137. The highest BCUT2D eigenvalue weighted by molar-refractivity contribution is 5.94. The van der Waals surface area contributed by atoms with Gasteiger partial charge in [0.2, 0.25) is 0 Å². The minimum Gasteiger partial charge on any atom is -0.481 e. The van der Waals surface area contributed by atoms with Gasteiger partial charge in [-0.25, -0.2) is 0 Å². The van der Waals surface area contributed by atoms with E-state index < -0.39 is 5.97 Å². The van der Waals surface area contributed by atoms with Gasteiger partial charge in [-0.2, -0.15) is 0 Å². The van der Waals surface area contributed by atoms with Crippen molar-refractivity contribution in [3.63, 3.8) is 0 Å². The van der Waals surface area contributed by atoms with E-state index in [1.807, 2.05) is 12.1 Å². The molecule has 0 spiro atoms. The van der Waals surface area contributed by atoms with Gasteiger partial charge in [-0.15, -0.1) is 0 Å². The van der Waals surface area contributed by atoms with Crippen molar-refractivity contribution in [1.29, 1.82) is 0 Å². The van der Waals surface area contributed by atoms with Crippen LogP contribution in [0.25, 0.3) is 0 Å². The molecule has 0 saturated carbocycles. The van der Waals surface area contributed by atoms with Crippen LogP contribution in [0.1, 0.15) is 35.7 Å². The standard InChI is InChI=1S/C14H19NO3/c1-3-4-11-5-7-12(8-6-11)14(18)15(2)10-9-13(16)17/h5-8H,3-4,9-10H2,1-2H3,(H,16,17). The maximum Gasteiger partial charge on any atom is 0.305 e. The minimum atomic E-state index is -0.895. The van der Waals surface area contributed by atoms with Crippen LogP contribution >= 0.6 is 0 Å². The van der Waals surface area contributed by atoms with Crippen LogP contribution in [0.4, 0.5) is 0 Å². The van der Waals surface area contributed by atoms with Crippen LogP contribution in [0.2, 0.25) is 0 Å². The number of carboxylic acid groups (broad SMARTS) is 1. The average Bonchev–Trinajstić information content (AvgIpc) is 2.36. The third-order valence-corrected chi connectivity index (χ3v) is 2.75. The minimum absolute atomic E-state index is 0.0316. The molecular weight excluding hydrogens is 230 g/mol. The normalized spacial score (nSPS) is 10.1. The first-order chi connectivity index (χ1) is 8.54. The predicted molar refractivity (Wildman–Crippen MR) is 69.7 cm³/mol. The third kappa shape index (κ3) is 4.20. The van der Waals surface area contributed by atoms with Crippen molar-refractivity contribution >= 4 is 11.9 Å². The predicted octanol–water partition coefficient (Wildman–Crippen LogP) is 2.19. The number of amides is 1. The van der Waals surface area contributed by atoms with Crippen LogP contribution in [0.15, 0.2) is 24.3 Å². The number of hydrogen-bond donors (Lipinski definition) is 1. The van der Waals surface area contributed by atoms with Crippen molar-refractivity contribution in [2.24, 2.45) is 0 Å². The zero-order valence-corrected chi connectivity index (χ0v) is 10.8. The fourth-order valence-corrected chi connectivity index (χ4v) is 1.69. The summed E-state index contributed by atoms with van der Waals surface area (Å²) in [5.41, 5.74) is 1.81. The first-order valence-corrected chi connectivity index (χ1v) is 6.10. The van der Waals surface area contributed by atoms with Gasteiger partial charge in [0, 0.05) is 19.2 Å². The smallest absolute Gasteiger partial charge is 0.305 e. The first-order valence-electron chi connectivity index (χ1n) is 6.10. The van der Waals surface area contributed by atoms with E-state index in [9.17, 15) is 9.59 Å². The van der Waals surface area contributed by atoms with E-state index >= 15 is 0 Å². The van der Waals surface area contributed by atoms with E-state index in [4.69, 9.17) is 5.11 Å². The Morgan fingerprint density at radius 2 is 1.83 bits per heavy atom. The van der Waals surface area contributed by atoms with E-state index in [2.05, 4.69) is 6.92 Å².